The van der Waals surface area contributed by atoms with Crippen LogP contribution in [0.2, 0.25) is 0 Å². The maximum Gasteiger partial charge on any atom is 0.229 e. The van der Waals surface area contributed by atoms with E-state index in [1.54, 1.807) is 12.3 Å². The molecule has 0 atom stereocenters. The Morgan fingerprint density at radius 3 is 2.76 bits per heavy atom. The van der Waals surface area contributed by atoms with Gasteiger partial charge in [-0.3, -0.25) is 0 Å². The number of para-hydroxylation sites is 2. The van der Waals surface area contributed by atoms with Gasteiger partial charge in [-0.05, 0) is 18.2 Å². The van der Waals surface area contributed by atoms with Crippen molar-refractivity contribution in [2.45, 2.75) is 0 Å². The summed E-state index contributed by atoms with van der Waals surface area (Å²) in [5, 5.41) is 0. The molecule has 2 aromatic carbocycles. The summed E-state index contributed by atoms with van der Waals surface area (Å²) in [6, 6.07) is 14.2. The highest BCUT2D eigenvalue weighted by molar-refractivity contribution is 5.73. The van der Waals surface area contributed by atoms with Crippen LogP contribution >= 0.6 is 0 Å². The van der Waals surface area contributed by atoms with E-state index in [0.29, 0.717) is 0 Å². The van der Waals surface area contributed by atoms with Gasteiger partial charge in [0, 0.05) is 11.6 Å². The Morgan fingerprint density at radius 1 is 1.00 bits per heavy atom. The van der Waals surface area contributed by atoms with Crippen LogP contribution in [0.5, 0.6) is 0 Å². The van der Waals surface area contributed by atoms with Gasteiger partial charge in [-0.1, -0.05) is 24.3 Å². The molecule has 3 heteroatoms. The Hall–Kier alpha value is -2.29. The molecular formula is C14H10FN2+. The van der Waals surface area contributed by atoms with E-state index in [2.05, 4.69) is 9.97 Å². The molecule has 1 N–H and O–H groups in total. The number of halogens is 1. The number of H-pyrrole nitrogens is 1. The van der Waals surface area contributed by atoms with Gasteiger partial charge >= 0.3 is 0 Å². The smallest absolute Gasteiger partial charge is 0.229 e. The molecule has 82 valence electrons. The number of nitrogens with zero attached hydrogens (tertiary/aromatic N) is 1. The molecule has 3 rings (SSSR count). The molecule has 2 nitrogen and oxygen atoms in total. The normalized spacial score (nSPS) is 10.6. The lowest BCUT2D eigenvalue weighted by Crippen LogP contribution is -2.05. The molecule has 1 heterocycles. The molecule has 0 saturated carbocycles. The van der Waals surface area contributed by atoms with Crippen LogP contribution in [0, 0.1) is 5.82 Å². The van der Waals surface area contributed by atoms with E-state index in [4.69, 9.17) is 0 Å². The molecule has 0 radical (unpaired) electrons. The lowest BCUT2D eigenvalue weighted by molar-refractivity contribution is -0.344. The topological polar surface area (TPSA) is 27.0 Å². The van der Waals surface area contributed by atoms with Crippen LogP contribution in [0.4, 0.5) is 4.39 Å². The summed E-state index contributed by atoms with van der Waals surface area (Å²) in [4.78, 5) is 7.64. The van der Waals surface area contributed by atoms with E-state index in [-0.39, 0.29) is 5.82 Å². The number of nitrogens with one attached hydrogen (secondary N) is 1. The van der Waals surface area contributed by atoms with Crippen LogP contribution in [0.1, 0.15) is 0 Å². The number of fused-ring (bicyclic) bond motifs is 1. The highest BCUT2D eigenvalue weighted by Crippen LogP contribution is 2.18. The Bertz CT molecular complexity index is 680. The van der Waals surface area contributed by atoms with Crippen molar-refractivity contribution in [1.82, 2.24) is 4.98 Å². The van der Waals surface area contributed by atoms with Crippen molar-refractivity contribution in [3.8, 4) is 11.3 Å². The third-order valence-electron chi connectivity index (χ3n) is 2.63. The summed E-state index contributed by atoms with van der Waals surface area (Å²) < 4.78 is 13.1. The van der Waals surface area contributed by atoms with E-state index in [0.717, 1.165) is 22.3 Å². The SMILES string of the molecule is Fc1cccc(-c2c[nH+]c3ccccc3n2)c1. The molecule has 0 amide bonds. The summed E-state index contributed by atoms with van der Waals surface area (Å²) in [7, 11) is 0. The molecule has 0 unspecified atom stereocenters. The number of hydrogen-bond acceptors (Lipinski definition) is 1. The average molecular weight is 225 g/mol. The maximum absolute atomic E-state index is 13.1. The van der Waals surface area contributed by atoms with Crippen LogP contribution < -0.4 is 4.98 Å². The predicted molar refractivity (Wildman–Crippen MR) is 63.7 cm³/mol. The first kappa shape index (κ1) is 9.90. The van der Waals surface area contributed by atoms with Crippen LogP contribution in [0.15, 0.2) is 54.7 Å². The first-order chi connectivity index (χ1) is 8.33. The van der Waals surface area contributed by atoms with Crippen molar-refractivity contribution < 1.29 is 9.37 Å². The van der Waals surface area contributed by atoms with E-state index in [9.17, 15) is 4.39 Å². The van der Waals surface area contributed by atoms with Crippen LogP contribution in [0.3, 0.4) is 0 Å². The van der Waals surface area contributed by atoms with Gasteiger partial charge in [0.1, 0.15) is 17.0 Å². The summed E-state index contributed by atoms with van der Waals surface area (Å²) >= 11 is 0. The van der Waals surface area contributed by atoms with Crippen molar-refractivity contribution in [2.75, 3.05) is 0 Å². The van der Waals surface area contributed by atoms with Gasteiger partial charge in [-0.15, -0.1) is 0 Å². The number of hydrogen-bond donors (Lipinski definition) is 0. The number of rotatable bonds is 1. The zero-order valence-corrected chi connectivity index (χ0v) is 9.02. The molecule has 0 saturated heterocycles. The van der Waals surface area contributed by atoms with Gasteiger partial charge in [-0.25, -0.2) is 14.4 Å². The van der Waals surface area contributed by atoms with Crippen molar-refractivity contribution in [3.05, 3.63) is 60.5 Å². The van der Waals surface area contributed by atoms with E-state index in [1.807, 2.05) is 30.3 Å². The first-order valence-corrected chi connectivity index (χ1v) is 5.36. The average Bonchev–Trinajstić information content (AvgIpc) is 2.38. The Balaban J connectivity index is 2.18. The fourth-order valence-electron chi connectivity index (χ4n) is 1.80. The summed E-state index contributed by atoms with van der Waals surface area (Å²) in [6.07, 6.45) is 1.79. The summed E-state index contributed by atoms with van der Waals surface area (Å²) in [5.74, 6) is -0.252. The predicted octanol–water partition coefficient (Wildman–Crippen LogP) is 2.86. The lowest BCUT2D eigenvalue weighted by Gasteiger charge is -1.99. The van der Waals surface area contributed by atoms with Crippen molar-refractivity contribution in [1.29, 1.82) is 0 Å². The van der Waals surface area contributed by atoms with Crippen LogP contribution in [-0.2, 0) is 0 Å². The molecule has 0 fully saturated rings. The largest absolute Gasteiger partial charge is 0.235 e. The minimum absolute atomic E-state index is 0.252. The zero-order chi connectivity index (χ0) is 11.7. The second-order valence-electron chi connectivity index (χ2n) is 3.81. The molecule has 17 heavy (non-hydrogen) atoms. The van der Waals surface area contributed by atoms with Gasteiger partial charge in [0.25, 0.3) is 0 Å². The number of aromatic amines is 1. The number of aromatic nitrogens is 2. The maximum atomic E-state index is 13.1. The summed E-state index contributed by atoms with van der Waals surface area (Å²) in [6.45, 7) is 0. The Kier molecular flexibility index (Phi) is 2.29. The highest BCUT2D eigenvalue weighted by Gasteiger charge is 2.06. The highest BCUT2D eigenvalue weighted by atomic mass is 19.1. The molecule has 1 aromatic heterocycles. The standard InChI is InChI=1S/C14H9FN2/c15-11-5-3-4-10(8-11)14-9-16-12-6-1-2-7-13(12)17-14/h1-9H/p+1. The summed E-state index contributed by atoms with van der Waals surface area (Å²) in [5.41, 5.74) is 3.34. The Morgan fingerprint density at radius 2 is 1.88 bits per heavy atom. The quantitative estimate of drug-likeness (QED) is 0.625. The molecule has 0 aliphatic carbocycles. The third-order valence-corrected chi connectivity index (χ3v) is 2.63. The lowest BCUT2D eigenvalue weighted by atomic mass is 10.1. The van der Waals surface area contributed by atoms with Crippen molar-refractivity contribution in [3.63, 3.8) is 0 Å². The fourth-order valence-corrected chi connectivity index (χ4v) is 1.80. The van der Waals surface area contributed by atoms with Gasteiger partial charge in [0.05, 0.1) is 0 Å². The molecule has 0 spiro atoms. The van der Waals surface area contributed by atoms with Crippen molar-refractivity contribution in [2.24, 2.45) is 0 Å². The Labute approximate surface area is 97.8 Å². The number of benzene rings is 2. The van der Waals surface area contributed by atoms with Gasteiger partial charge in [0.15, 0.2) is 6.20 Å². The van der Waals surface area contributed by atoms with Gasteiger partial charge < -0.3 is 0 Å². The zero-order valence-electron chi connectivity index (χ0n) is 9.02. The molecule has 3 aromatic rings. The molecule has 0 aliphatic heterocycles. The molecule has 0 bridgehead atoms. The van der Waals surface area contributed by atoms with Crippen molar-refractivity contribution >= 4 is 11.0 Å². The fraction of sp³-hybridized carbons (Fsp3) is 0. The van der Waals surface area contributed by atoms with E-state index >= 15 is 0 Å². The monoisotopic (exact) mass is 225 g/mol. The minimum atomic E-state index is -0.252. The second-order valence-corrected chi connectivity index (χ2v) is 3.81. The minimum Gasteiger partial charge on any atom is -0.235 e. The van der Waals surface area contributed by atoms with E-state index < -0.39 is 0 Å². The molecule has 0 aliphatic rings. The van der Waals surface area contributed by atoms with Crippen LogP contribution in [-0.4, -0.2) is 4.98 Å². The second kappa shape index (κ2) is 3.94. The van der Waals surface area contributed by atoms with Crippen LogP contribution in [0.25, 0.3) is 22.3 Å². The first-order valence-electron chi connectivity index (χ1n) is 5.36. The third kappa shape index (κ3) is 1.87. The molecular weight excluding hydrogens is 215 g/mol. The van der Waals surface area contributed by atoms with E-state index in [1.165, 1.54) is 12.1 Å². The van der Waals surface area contributed by atoms with Gasteiger partial charge in [-0.2, -0.15) is 0 Å². The van der Waals surface area contributed by atoms with Gasteiger partial charge in [0.2, 0.25) is 5.52 Å².